The van der Waals surface area contributed by atoms with E-state index >= 15 is 0 Å². The van der Waals surface area contributed by atoms with E-state index in [-0.39, 0.29) is 16.9 Å². The molecule has 2 unspecified atom stereocenters. The second-order valence-corrected chi connectivity index (χ2v) is 5.97. The Morgan fingerprint density at radius 1 is 1.45 bits per heavy atom. The minimum Gasteiger partial charge on any atom is -0.326 e. The summed E-state index contributed by atoms with van der Waals surface area (Å²) in [6.07, 6.45) is 2.31. The normalized spacial score (nSPS) is 13.9. The summed E-state index contributed by atoms with van der Waals surface area (Å²) in [6.45, 7) is 2.03. The average Bonchev–Trinajstić information content (AvgIpc) is 2.44. The molecule has 4 nitrogen and oxygen atoms in total. The van der Waals surface area contributed by atoms with Crippen LogP contribution in [0.3, 0.4) is 0 Å². The summed E-state index contributed by atoms with van der Waals surface area (Å²) in [6, 6.07) is 8.94. The van der Waals surface area contributed by atoms with Gasteiger partial charge in [-0.05, 0) is 24.1 Å². The first-order valence-corrected chi connectivity index (χ1v) is 7.59. The van der Waals surface area contributed by atoms with Crippen LogP contribution in [0.4, 0.5) is 0 Å². The number of nitrogens with zero attached hydrogens (tertiary/aromatic N) is 1. The van der Waals surface area contributed by atoms with Crippen LogP contribution in [0.1, 0.15) is 24.2 Å². The molecule has 2 atom stereocenters. The number of hydrogen-bond acceptors (Lipinski definition) is 4. The Labute approximate surface area is 126 Å². The number of rotatable bonds is 5. The molecule has 2 aromatic rings. The summed E-state index contributed by atoms with van der Waals surface area (Å²) in [5.41, 5.74) is 7.06. The maximum atomic E-state index is 11.3. The van der Waals surface area contributed by atoms with Gasteiger partial charge in [0.05, 0.1) is 5.25 Å². The van der Waals surface area contributed by atoms with E-state index in [0.29, 0.717) is 10.2 Å². The van der Waals surface area contributed by atoms with Crippen molar-refractivity contribution in [2.24, 2.45) is 5.73 Å². The van der Waals surface area contributed by atoms with Crippen molar-refractivity contribution in [1.29, 1.82) is 0 Å². The predicted octanol–water partition coefficient (Wildman–Crippen LogP) is 2.99. The molecule has 3 N–H and O–H groups in total. The number of aromatic amines is 1. The monoisotopic (exact) mass is 309 g/mol. The highest BCUT2D eigenvalue weighted by molar-refractivity contribution is 7.99. The quantitative estimate of drug-likeness (QED) is 0.658. The van der Waals surface area contributed by atoms with Crippen molar-refractivity contribution < 1.29 is 0 Å². The van der Waals surface area contributed by atoms with Gasteiger partial charge in [0.25, 0.3) is 5.56 Å². The summed E-state index contributed by atoms with van der Waals surface area (Å²) >= 11 is 7.49. The molecule has 0 fully saturated rings. The Morgan fingerprint density at radius 2 is 2.25 bits per heavy atom. The molecular formula is C14H16ClN3OS. The van der Waals surface area contributed by atoms with Gasteiger partial charge in [-0.25, -0.2) is 4.98 Å². The van der Waals surface area contributed by atoms with Gasteiger partial charge in [0.2, 0.25) is 0 Å². The number of nitrogens with one attached hydrogen (secondary N) is 1. The first kappa shape index (κ1) is 15.1. The van der Waals surface area contributed by atoms with Gasteiger partial charge in [-0.1, -0.05) is 42.4 Å². The van der Waals surface area contributed by atoms with E-state index in [1.54, 1.807) is 0 Å². The second kappa shape index (κ2) is 6.92. The number of benzene rings is 1. The number of thioether (sulfide) groups is 1. The molecule has 0 aliphatic carbocycles. The maximum absolute atomic E-state index is 11.3. The Bertz CT molecular complexity index is 632. The van der Waals surface area contributed by atoms with Gasteiger partial charge in [0, 0.05) is 23.3 Å². The van der Waals surface area contributed by atoms with Gasteiger partial charge >= 0.3 is 0 Å². The highest BCUT2D eigenvalue weighted by Crippen LogP contribution is 2.36. The highest BCUT2D eigenvalue weighted by Gasteiger charge is 2.21. The fourth-order valence-corrected chi connectivity index (χ4v) is 3.20. The van der Waals surface area contributed by atoms with Crippen LogP contribution in [0, 0.1) is 0 Å². The Hall–Kier alpha value is -1.30. The van der Waals surface area contributed by atoms with E-state index in [0.717, 1.165) is 12.0 Å². The van der Waals surface area contributed by atoms with Crippen LogP contribution in [0.2, 0.25) is 5.02 Å². The van der Waals surface area contributed by atoms with E-state index in [4.69, 9.17) is 17.3 Å². The van der Waals surface area contributed by atoms with Crippen molar-refractivity contribution in [2.45, 2.75) is 29.8 Å². The number of aromatic nitrogens is 2. The lowest BCUT2D eigenvalue weighted by atomic mass is 10.0. The first-order chi connectivity index (χ1) is 9.60. The first-order valence-electron chi connectivity index (χ1n) is 6.33. The largest absolute Gasteiger partial charge is 0.326 e. The summed E-state index contributed by atoms with van der Waals surface area (Å²) in [7, 11) is 0. The number of hydrogen-bond donors (Lipinski definition) is 2. The third-order valence-corrected chi connectivity index (χ3v) is 4.47. The molecule has 0 saturated carbocycles. The zero-order valence-electron chi connectivity index (χ0n) is 11.0. The molecule has 0 amide bonds. The van der Waals surface area contributed by atoms with Crippen molar-refractivity contribution in [3.8, 4) is 0 Å². The summed E-state index contributed by atoms with van der Waals surface area (Å²) < 4.78 is 0. The van der Waals surface area contributed by atoms with Gasteiger partial charge in [-0.15, -0.1) is 0 Å². The molecule has 0 saturated heterocycles. The lowest BCUT2D eigenvalue weighted by Crippen LogP contribution is -2.26. The van der Waals surface area contributed by atoms with Crippen molar-refractivity contribution in [3.63, 3.8) is 0 Å². The molecule has 2 rings (SSSR count). The standard InChI is InChI=1S/C14H16ClN3OS/c1-2-11(16)13(9-4-3-5-10(15)8-9)20-14-17-7-6-12(19)18-14/h3-8,11,13H,2,16H2,1H3,(H,17,18,19). The summed E-state index contributed by atoms with van der Waals surface area (Å²) in [4.78, 5) is 18.2. The second-order valence-electron chi connectivity index (χ2n) is 4.40. The Kier molecular flexibility index (Phi) is 5.23. The topological polar surface area (TPSA) is 71.8 Å². The molecule has 6 heteroatoms. The van der Waals surface area contributed by atoms with Gasteiger partial charge in [0.15, 0.2) is 5.16 Å². The van der Waals surface area contributed by atoms with Crippen molar-refractivity contribution in [3.05, 3.63) is 57.5 Å². The Morgan fingerprint density at radius 3 is 2.90 bits per heavy atom. The van der Waals surface area contributed by atoms with Crippen molar-refractivity contribution in [1.82, 2.24) is 9.97 Å². The molecule has 0 radical (unpaired) electrons. The van der Waals surface area contributed by atoms with E-state index < -0.39 is 0 Å². The molecular weight excluding hydrogens is 294 g/mol. The molecule has 0 aliphatic rings. The van der Waals surface area contributed by atoms with Gasteiger partial charge in [0.1, 0.15) is 0 Å². The molecule has 0 spiro atoms. The molecule has 1 aromatic carbocycles. The lowest BCUT2D eigenvalue weighted by molar-refractivity contribution is 0.632. The predicted molar refractivity (Wildman–Crippen MR) is 83.2 cm³/mol. The van der Waals surface area contributed by atoms with E-state index in [9.17, 15) is 4.79 Å². The van der Waals surface area contributed by atoms with Crippen LogP contribution >= 0.6 is 23.4 Å². The van der Waals surface area contributed by atoms with Crippen molar-refractivity contribution >= 4 is 23.4 Å². The van der Waals surface area contributed by atoms with Gasteiger partial charge in [-0.3, -0.25) is 4.79 Å². The summed E-state index contributed by atoms with van der Waals surface area (Å²) in [5, 5.41) is 1.22. The van der Waals surface area contributed by atoms with Crippen LogP contribution in [-0.2, 0) is 0 Å². The van der Waals surface area contributed by atoms with Crippen LogP contribution < -0.4 is 11.3 Å². The number of H-pyrrole nitrogens is 1. The highest BCUT2D eigenvalue weighted by atomic mass is 35.5. The van der Waals surface area contributed by atoms with Crippen LogP contribution in [0.15, 0.2) is 46.5 Å². The molecule has 0 aliphatic heterocycles. The minimum absolute atomic E-state index is 0.00995. The zero-order chi connectivity index (χ0) is 14.5. The zero-order valence-corrected chi connectivity index (χ0v) is 12.6. The smallest absolute Gasteiger partial charge is 0.251 e. The van der Waals surface area contributed by atoms with Crippen LogP contribution in [0.25, 0.3) is 0 Å². The average molecular weight is 310 g/mol. The minimum atomic E-state index is -0.169. The van der Waals surface area contributed by atoms with E-state index in [2.05, 4.69) is 9.97 Å². The SMILES string of the molecule is CCC(N)C(Sc1nccc(=O)[nH]1)c1cccc(Cl)c1. The molecule has 1 aromatic heterocycles. The fraction of sp³-hybridized carbons (Fsp3) is 0.286. The van der Waals surface area contributed by atoms with E-state index in [1.165, 1.54) is 24.0 Å². The van der Waals surface area contributed by atoms with Gasteiger partial charge in [-0.2, -0.15) is 0 Å². The van der Waals surface area contributed by atoms with Crippen molar-refractivity contribution in [2.75, 3.05) is 0 Å². The van der Waals surface area contributed by atoms with E-state index in [1.807, 2.05) is 31.2 Å². The fourth-order valence-electron chi connectivity index (χ4n) is 1.83. The molecule has 1 heterocycles. The Balaban J connectivity index is 2.31. The summed E-state index contributed by atoms with van der Waals surface area (Å²) in [5.74, 6) is 0. The lowest BCUT2D eigenvalue weighted by Gasteiger charge is -2.22. The number of halogens is 1. The number of nitrogens with two attached hydrogens (primary N) is 1. The van der Waals surface area contributed by atoms with Gasteiger partial charge < -0.3 is 10.7 Å². The molecule has 20 heavy (non-hydrogen) atoms. The molecule has 0 bridgehead atoms. The molecule has 106 valence electrons. The third-order valence-electron chi connectivity index (χ3n) is 2.92. The third kappa shape index (κ3) is 3.85. The van der Waals surface area contributed by atoms with Crippen LogP contribution in [0.5, 0.6) is 0 Å². The maximum Gasteiger partial charge on any atom is 0.251 e. The van der Waals surface area contributed by atoms with Crippen LogP contribution in [-0.4, -0.2) is 16.0 Å².